The van der Waals surface area contributed by atoms with Crippen molar-refractivity contribution < 1.29 is 18.7 Å². The number of nitrogens with zero attached hydrogens (tertiary/aromatic N) is 1. The van der Waals surface area contributed by atoms with Gasteiger partial charge in [-0.1, -0.05) is 0 Å². The fourth-order valence-electron chi connectivity index (χ4n) is 2.86. The van der Waals surface area contributed by atoms with Crippen LogP contribution >= 0.6 is 0 Å². The molecule has 4 rings (SSSR count). The highest BCUT2D eigenvalue weighted by Gasteiger charge is 2.33. The molecule has 0 bridgehead atoms. The van der Waals surface area contributed by atoms with Gasteiger partial charge >= 0.3 is 0 Å². The van der Waals surface area contributed by atoms with Gasteiger partial charge in [0.2, 0.25) is 0 Å². The first-order valence-electron chi connectivity index (χ1n) is 7.35. The molecule has 2 aromatic rings. The van der Waals surface area contributed by atoms with Gasteiger partial charge in [-0.2, -0.15) is 0 Å². The van der Waals surface area contributed by atoms with E-state index < -0.39 is 5.82 Å². The summed E-state index contributed by atoms with van der Waals surface area (Å²) in [5, 5.41) is 2.73. The maximum Gasteiger partial charge on any atom is 0.260 e. The standard InChI is InChI=1S/C18H13FN2O3/c1-23-7-6-11-3-4-12-15(20-11)9-24-17(12)16-13-8-10(19)2-5-14(13)21-18(16)22/h2-8H,9H2,1H3,(H,21,22)/b7-6+,17-16-. The molecule has 0 radical (unpaired) electrons. The van der Waals surface area contributed by atoms with E-state index in [-0.39, 0.29) is 12.5 Å². The van der Waals surface area contributed by atoms with Crippen LogP contribution in [-0.2, 0) is 20.9 Å². The van der Waals surface area contributed by atoms with Crippen LogP contribution in [0.1, 0.15) is 22.5 Å². The maximum atomic E-state index is 13.6. The number of hydrogen-bond acceptors (Lipinski definition) is 4. The van der Waals surface area contributed by atoms with Crippen molar-refractivity contribution >= 4 is 29.0 Å². The number of methoxy groups -OCH3 is 1. The number of nitrogens with one attached hydrogen (secondary N) is 1. The average molecular weight is 324 g/mol. The molecule has 5 nitrogen and oxygen atoms in total. The molecular weight excluding hydrogens is 311 g/mol. The van der Waals surface area contributed by atoms with E-state index in [0.717, 1.165) is 17.0 Å². The number of benzene rings is 1. The molecule has 0 spiro atoms. The molecule has 6 heteroatoms. The van der Waals surface area contributed by atoms with Crippen LogP contribution < -0.4 is 5.32 Å². The number of fused-ring (bicyclic) bond motifs is 2. The quantitative estimate of drug-likeness (QED) is 0.681. The van der Waals surface area contributed by atoms with Gasteiger partial charge in [0.25, 0.3) is 5.91 Å². The minimum atomic E-state index is -0.403. The first-order valence-corrected chi connectivity index (χ1v) is 7.35. The first-order chi connectivity index (χ1) is 11.7. The molecule has 0 atom stereocenters. The Morgan fingerprint density at radius 3 is 3.00 bits per heavy atom. The highest BCUT2D eigenvalue weighted by molar-refractivity contribution is 6.36. The lowest BCUT2D eigenvalue weighted by Crippen LogP contribution is -2.05. The molecule has 0 aliphatic carbocycles. The first kappa shape index (κ1) is 14.4. The molecule has 2 aliphatic rings. The molecule has 0 saturated carbocycles. The van der Waals surface area contributed by atoms with E-state index in [1.165, 1.54) is 18.4 Å². The van der Waals surface area contributed by atoms with E-state index in [4.69, 9.17) is 9.47 Å². The lowest BCUT2D eigenvalue weighted by atomic mass is 10.0. The minimum absolute atomic E-state index is 0.265. The zero-order valence-corrected chi connectivity index (χ0v) is 12.8. The van der Waals surface area contributed by atoms with Crippen molar-refractivity contribution in [3.8, 4) is 0 Å². The van der Waals surface area contributed by atoms with E-state index in [9.17, 15) is 9.18 Å². The highest BCUT2D eigenvalue weighted by Crippen LogP contribution is 2.41. The van der Waals surface area contributed by atoms with Gasteiger partial charge in [0.05, 0.1) is 30.3 Å². The lowest BCUT2D eigenvalue weighted by Gasteiger charge is -2.05. The summed E-state index contributed by atoms with van der Waals surface area (Å²) in [5.41, 5.74) is 3.62. The monoisotopic (exact) mass is 324 g/mol. The number of ether oxygens (including phenoxy) is 2. The van der Waals surface area contributed by atoms with Gasteiger partial charge in [-0.3, -0.25) is 4.79 Å². The van der Waals surface area contributed by atoms with Crippen molar-refractivity contribution in [2.75, 3.05) is 12.4 Å². The molecule has 1 amide bonds. The third-order valence-electron chi connectivity index (χ3n) is 3.92. The summed E-state index contributed by atoms with van der Waals surface area (Å²) >= 11 is 0. The van der Waals surface area contributed by atoms with Crippen LogP contribution in [0.25, 0.3) is 17.4 Å². The second-order valence-electron chi connectivity index (χ2n) is 5.41. The number of rotatable bonds is 2. The van der Waals surface area contributed by atoms with Crippen molar-refractivity contribution in [1.82, 2.24) is 4.98 Å². The summed E-state index contributed by atoms with van der Waals surface area (Å²) in [6, 6.07) is 7.84. The second kappa shape index (κ2) is 5.49. The molecule has 1 N–H and O–H groups in total. The Morgan fingerprint density at radius 1 is 1.29 bits per heavy atom. The summed E-state index contributed by atoms with van der Waals surface area (Å²) in [6.07, 6.45) is 3.27. The molecule has 120 valence electrons. The fourth-order valence-corrected chi connectivity index (χ4v) is 2.86. The smallest absolute Gasteiger partial charge is 0.260 e. The molecule has 1 aromatic carbocycles. The van der Waals surface area contributed by atoms with Crippen LogP contribution in [0.3, 0.4) is 0 Å². The predicted octanol–water partition coefficient (Wildman–Crippen LogP) is 3.19. The Bertz CT molecular complexity index is 918. The van der Waals surface area contributed by atoms with Crippen LogP contribution in [0.5, 0.6) is 0 Å². The van der Waals surface area contributed by atoms with Crippen molar-refractivity contribution in [2.24, 2.45) is 0 Å². The molecule has 3 heterocycles. The number of carbonyl (C=O) groups is 1. The summed E-state index contributed by atoms with van der Waals surface area (Å²) in [4.78, 5) is 16.8. The predicted molar refractivity (Wildman–Crippen MR) is 86.9 cm³/mol. The van der Waals surface area contributed by atoms with Crippen molar-refractivity contribution in [2.45, 2.75) is 6.61 Å². The van der Waals surface area contributed by atoms with Crippen LogP contribution in [-0.4, -0.2) is 18.0 Å². The van der Waals surface area contributed by atoms with Gasteiger partial charge in [-0.25, -0.2) is 9.37 Å². The third kappa shape index (κ3) is 2.23. The number of halogens is 1. The van der Waals surface area contributed by atoms with E-state index >= 15 is 0 Å². The van der Waals surface area contributed by atoms with Gasteiger partial charge in [0, 0.05) is 16.8 Å². The minimum Gasteiger partial charge on any atom is -0.504 e. The number of pyridine rings is 1. The summed E-state index contributed by atoms with van der Waals surface area (Å²) in [6.45, 7) is 0.265. The Kier molecular flexibility index (Phi) is 3.30. The van der Waals surface area contributed by atoms with Crippen molar-refractivity contribution in [3.63, 3.8) is 0 Å². The van der Waals surface area contributed by atoms with Crippen LogP contribution in [0.15, 0.2) is 36.6 Å². The fraction of sp³-hybridized carbons (Fsp3) is 0.111. The average Bonchev–Trinajstić information content (AvgIpc) is 3.12. The Balaban J connectivity index is 1.83. The van der Waals surface area contributed by atoms with Crippen LogP contribution in [0, 0.1) is 5.82 Å². The Morgan fingerprint density at radius 2 is 2.17 bits per heavy atom. The number of aromatic nitrogens is 1. The van der Waals surface area contributed by atoms with Crippen molar-refractivity contribution in [1.29, 1.82) is 0 Å². The number of carbonyl (C=O) groups excluding carboxylic acids is 1. The SMILES string of the molecule is CO/C=C/c1ccc2c(n1)CO/C2=C1\C(=O)Nc2ccc(F)cc21. The Labute approximate surface area is 137 Å². The van der Waals surface area contributed by atoms with Crippen LogP contribution in [0.2, 0.25) is 0 Å². The second-order valence-corrected chi connectivity index (χ2v) is 5.41. The molecule has 1 aromatic heterocycles. The zero-order valence-electron chi connectivity index (χ0n) is 12.8. The molecule has 0 saturated heterocycles. The highest BCUT2D eigenvalue weighted by atomic mass is 19.1. The zero-order chi connectivity index (χ0) is 16.7. The van der Waals surface area contributed by atoms with E-state index in [1.807, 2.05) is 12.1 Å². The molecule has 0 fully saturated rings. The topological polar surface area (TPSA) is 60.5 Å². The van der Waals surface area contributed by atoms with E-state index in [1.54, 1.807) is 19.3 Å². The van der Waals surface area contributed by atoms with Crippen molar-refractivity contribution in [3.05, 3.63) is 64.9 Å². The van der Waals surface area contributed by atoms with Gasteiger partial charge < -0.3 is 14.8 Å². The summed E-state index contributed by atoms with van der Waals surface area (Å²) in [7, 11) is 1.56. The van der Waals surface area contributed by atoms with Gasteiger partial charge in [-0.05, 0) is 36.4 Å². The summed E-state index contributed by atoms with van der Waals surface area (Å²) in [5.74, 6) is -0.275. The Hall–Kier alpha value is -3.15. The van der Waals surface area contributed by atoms with Gasteiger partial charge in [0.15, 0.2) is 0 Å². The summed E-state index contributed by atoms with van der Waals surface area (Å²) < 4.78 is 24.2. The number of anilines is 1. The molecule has 0 unspecified atom stereocenters. The molecule has 2 aliphatic heterocycles. The normalized spacial score (nSPS) is 18.3. The van der Waals surface area contributed by atoms with Gasteiger partial charge in [-0.15, -0.1) is 0 Å². The van der Waals surface area contributed by atoms with Crippen LogP contribution in [0.4, 0.5) is 10.1 Å². The van der Waals surface area contributed by atoms with Gasteiger partial charge in [0.1, 0.15) is 18.2 Å². The third-order valence-corrected chi connectivity index (χ3v) is 3.92. The van der Waals surface area contributed by atoms with E-state index in [2.05, 4.69) is 10.3 Å². The number of hydrogen-bond donors (Lipinski definition) is 1. The molecule has 24 heavy (non-hydrogen) atoms. The largest absolute Gasteiger partial charge is 0.504 e. The number of amides is 1. The van der Waals surface area contributed by atoms with E-state index in [0.29, 0.717) is 22.6 Å². The maximum absolute atomic E-state index is 13.6. The lowest BCUT2D eigenvalue weighted by molar-refractivity contribution is -0.110. The molecular formula is C18H13FN2O3.